The van der Waals surface area contributed by atoms with E-state index in [1.165, 1.54) is 22.3 Å². The molecule has 1 aliphatic rings. The molecule has 2 aromatic rings. The van der Waals surface area contributed by atoms with E-state index in [2.05, 4.69) is 0 Å². The van der Waals surface area contributed by atoms with E-state index in [1.54, 1.807) is 12.1 Å². The van der Waals surface area contributed by atoms with Gasteiger partial charge in [0.05, 0.1) is 11.3 Å². The van der Waals surface area contributed by atoms with Crippen LogP contribution < -0.4 is 4.90 Å². The number of benzene rings is 2. The van der Waals surface area contributed by atoms with E-state index in [9.17, 15) is 18.0 Å². The van der Waals surface area contributed by atoms with Crippen molar-refractivity contribution >= 4 is 27.6 Å². The number of carbonyl (C=O) groups is 2. The third-order valence-corrected chi connectivity index (χ3v) is 6.56. The van der Waals surface area contributed by atoms with E-state index < -0.39 is 16.0 Å². The largest absolute Gasteiger partial charge is 0.481 e. The molecule has 1 heterocycles. The molecule has 0 fully saturated rings. The number of rotatable bonds is 7. The number of hydrogen-bond acceptors (Lipinski definition) is 4. The molecule has 1 amide bonds. The maximum Gasteiger partial charge on any atom is 0.303 e. The Hall–Kier alpha value is -2.71. The van der Waals surface area contributed by atoms with Crippen LogP contribution in [0.4, 0.5) is 5.69 Å². The molecular formula is C20H22N2O5S. The maximum atomic E-state index is 12.9. The number of carboxylic acid groups (broad SMARTS) is 1. The number of carbonyl (C=O) groups excluding carboxylic acids is 1. The van der Waals surface area contributed by atoms with Crippen LogP contribution >= 0.6 is 0 Å². The molecule has 0 saturated heterocycles. The van der Waals surface area contributed by atoms with E-state index in [4.69, 9.17) is 5.11 Å². The van der Waals surface area contributed by atoms with Crippen LogP contribution in [0.3, 0.4) is 0 Å². The lowest BCUT2D eigenvalue weighted by Gasteiger charge is -2.19. The Balaban J connectivity index is 1.78. The van der Waals surface area contributed by atoms with E-state index in [-0.39, 0.29) is 30.2 Å². The molecule has 0 atom stereocenters. The van der Waals surface area contributed by atoms with Crippen LogP contribution in [0.25, 0.3) is 0 Å². The second kappa shape index (κ2) is 8.12. The quantitative estimate of drug-likeness (QED) is 0.767. The Morgan fingerprint density at radius 1 is 1.11 bits per heavy atom. The molecule has 1 aliphatic heterocycles. The molecule has 0 bridgehead atoms. The Morgan fingerprint density at radius 2 is 1.82 bits per heavy atom. The normalized spacial score (nSPS) is 13.6. The van der Waals surface area contributed by atoms with E-state index >= 15 is 0 Å². The van der Waals surface area contributed by atoms with Crippen molar-refractivity contribution in [1.29, 1.82) is 0 Å². The van der Waals surface area contributed by atoms with E-state index in [0.29, 0.717) is 18.7 Å². The van der Waals surface area contributed by atoms with Gasteiger partial charge in [0.1, 0.15) is 0 Å². The van der Waals surface area contributed by atoms with Gasteiger partial charge in [-0.3, -0.25) is 9.59 Å². The van der Waals surface area contributed by atoms with Crippen LogP contribution in [0.2, 0.25) is 0 Å². The summed E-state index contributed by atoms with van der Waals surface area (Å²) in [5.41, 5.74) is 2.32. The number of nitrogens with zero attached hydrogens (tertiary/aromatic N) is 2. The molecule has 0 saturated carbocycles. The van der Waals surface area contributed by atoms with E-state index in [0.717, 1.165) is 11.1 Å². The number of anilines is 1. The fourth-order valence-corrected chi connectivity index (χ4v) is 4.46. The van der Waals surface area contributed by atoms with Crippen molar-refractivity contribution in [2.45, 2.75) is 30.7 Å². The number of sulfonamides is 1. The highest BCUT2D eigenvalue weighted by Gasteiger charge is 2.28. The molecule has 0 aliphatic carbocycles. The summed E-state index contributed by atoms with van der Waals surface area (Å²) >= 11 is 0. The molecule has 7 nitrogen and oxygen atoms in total. The predicted molar refractivity (Wildman–Crippen MR) is 104 cm³/mol. The van der Waals surface area contributed by atoms with Crippen molar-refractivity contribution in [2.24, 2.45) is 0 Å². The predicted octanol–water partition coefficient (Wildman–Crippen LogP) is 2.26. The Bertz CT molecular complexity index is 989. The van der Waals surface area contributed by atoms with Crippen molar-refractivity contribution in [2.75, 3.05) is 18.5 Å². The van der Waals surface area contributed by atoms with Gasteiger partial charge in [-0.25, -0.2) is 8.42 Å². The summed E-state index contributed by atoms with van der Waals surface area (Å²) in [6.45, 7) is 0.692. The average Bonchev–Trinajstić information content (AvgIpc) is 3.10. The van der Waals surface area contributed by atoms with Crippen LogP contribution in [0.1, 0.15) is 24.0 Å². The lowest BCUT2D eigenvalue weighted by atomic mass is 10.2. The zero-order valence-corrected chi connectivity index (χ0v) is 16.4. The number of fused-ring (bicyclic) bond motifs is 1. The van der Waals surface area contributed by atoms with Crippen molar-refractivity contribution in [1.82, 2.24) is 4.31 Å². The first-order chi connectivity index (χ1) is 13.3. The fourth-order valence-electron chi connectivity index (χ4n) is 3.25. The van der Waals surface area contributed by atoms with Gasteiger partial charge in [-0.2, -0.15) is 4.31 Å². The molecule has 2 aromatic carbocycles. The second-order valence-corrected chi connectivity index (χ2v) is 8.77. The molecule has 28 heavy (non-hydrogen) atoms. The lowest BCUT2D eigenvalue weighted by molar-refractivity contribution is -0.138. The van der Waals surface area contributed by atoms with Crippen LogP contribution in [0, 0.1) is 0 Å². The van der Waals surface area contributed by atoms with Gasteiger partial charge >= 0.3 is 5.97 Å². The second-order valence-electron chi connectivity index (χ2n) is 6.73. The highest BCUT2D eigenvalue weighted by molar-refractivity contribution is 7.89. The third-order valence-electron chi connectivity index (χ3n) is 4.76. The van der Waals surface area contributed by atoms with Crippen LogP contribution in [0.5, 0.6) is 0 Å². The molecular weight excluding hydrogens is 380 g/mol. The average molecular weight is 402 g/mol. The summed E-state index contributed by atoms with van der Waals surface area (Å²) in [6, 6.07) is 14.1. The number of amides is 1. The Morgan fingerprint density at radius 3 is 2.50 bits per heavy atom. The number of hydrogen-bond donors (Lipinski definition) is 1. The van der Waals surface area contributed by atoms with Gasteiger partial charge in [0, 0.05) is 32.2 Å². The standard InChI is InChI=1S/C20H22N2O5S/c1-21(14-15-5-3-2-4-6-15)28(26,27)17-7-8-18-16(13-17)11-12-22(18)19(23)9-10-20(24)25/h2-8,13H,9-12,14H2,1H3,(H,24,25). The minimum Gasteiger partial charge on any atom is -0.481 e. The van der Waals surface area contributed by atoms with Gasteiger partial charge in [-0.15, -0.1) is 0 Å². The summed E-state index contributed by atoms with van der Waals surface area (Å²) in [5, 5.41) is 8.74. The highest BCUT2D eigenvalue weighted by atomic mass is 32.2. The molecule has 0 unspecified atom stereocenters. The topological polar surface area (TPSA) is 95.0 Å². The van der Waals surface area contributed by atoms with E-state index in [1.807, 2.05) is 30.3 Å². The SMILES string of the molecule is CN(Cc1ccccc1)S(=O)(=O)c1ccc2c(c1)CCN2C(=O)CCC(=O)O. The summed E-state index contributed by atoms with van der Waals surface area (Å²) < 4.78 is 27.1. The highest BCUT2D eigenvalue weighted by Crippen LogP contribution is 2.31. The van der Waals surface area contributed by atoms with Gasteiger partial charge < -0.3 is 10.0 Å². The molecule has 0 spiro atoms. The maximum absolute atomic E-state index is 12.9. The van der Waals surface area contributed by atoms with Gasteiger partial charge in [0.2, 0.25) is 15.9 Å². The summed E-state index contributed by atoms with van der Waals surface area (Å²) in [5.74, 6) is -1.28. The lowest BCUT2D eigenvalue weighted by Crippen LogP contribution is -2.29. The molecule has 148 valence electrons. The van der Waals surface area contributed by atoms with Gasteiger partial charge in [-0.05, 0) is 35.7 Å². The smallest absolute Gasteiger partial charge is 0.303 e. The summed E-state index contributed by atoms with van der Waals surface area (Å²) in [7, 11) is -2.13. The van der Waals surface area contributed by atoms with Gasteiger partial charge in [0.15, 0.2) is 0 Å². The van der Waals surface area contributed by atoms with Crippen molar-refractivity contribution in [3.8, 4) is 0 Å². The van der Waals surface area contributed by atoms with Crippen LogP contribution in [-0.4, -0.2) is 43.3 Å². The summed E-state index contributed by atoms with van der Waals surface area (Å²) in [6.07, 6.45) is 0.246. The van der Waals surface area contributed by atoms with Crippen molar-refractivity contribution < 1.29 is 23.1 Å². The molecule has 3 rings (SSSR count). The van der Waals surface area contributed by atoms with Gasteiger partial charge in [-0.1, -0.05) is 30.3 Å². The Labute approximate surface area is 164 Å². The Kier molecular flexibility index (Phi) is 5.81. The van der Waals surface area contributed by atoms with Crippen molar-refractivity contribution in [3.05, 3.63) is 59.7 Å². The van der Waals surface area contributed by atoms with Crippen LogP contribution in [-0.2, 0) is 32.6 Å². The molecule has 0 radical (unpaired) electrons. The minimum absolute atomic E-state index is 0.0748. The third kappa shape index (κ3) is 4.23. The van der Waals surface area contributed by atoms with Crippen molar-refractivity contribution in [3.63, 3.8) is 0 Å². The first-order valence-corrected chi connectivity index (χ1v) is 10.4. The number of carboxylic acids is 1. The first-order valence-electron chi connectivity index (χ1n) is 8.94. The number of aliphatic carboxylic acids is 1. The fraction of sp³-hybridized carbons (Fsp3) is 0.300. The summed E-state index contributed by atoms with van der Waals surface area (Å²) in [4.78, 5) is 24.6. The zero-order valence-electron chi connectivity index (χ0n) is 15.5. The molecule has 1 N–H and O–H groups in total. The van der Waals surface area contributed by atoms with Crippen LogP contribution in [0.15, 0.2) is 53.4 Å². The zero-order chi connectivity index (χ0) is 20.3. The van der Waals surface area contributed by atoms with Gasteiger partial charge in [0.25, 0.3) is 0 Å². The molecule has 8 heteroatoms. The minimum atomic E-state index is -3.67. The first kappa shape index (κ1) is 20.0. The monoisotopic (exact) mass is 402 g/mol. The molecule has 0 aromatic heterocycles.